The maximum Gasteiger partial charge on any atom is 0.345 e. The topological polar surface area (TPSA) is 105 Å². The lowest BCUT2D eigenvalue weighted by molar-refractivity contribution is -0.308. The Balaban J connectivity index is 2.71. The molecule has 0 spiro atoms. The van der Waals surface area contributed by atoms with Gasteiger partial charge in [0.1, 0.15) is 9.84 Å². The van der Waals surface area contributed by atoms with E-state index in [-0.39, 0.29) is 31.3 Å². The van der Waals surface area contributed by atoms with Crippen LogP contribution in [-0.2, 0) is 23.8 Å². The third kappa shape index (κ3) is 5.28. The molecule has 0 aromatic heterocycles. The number of halogens is 1. The van der Waals surface area contributed by atoms with E-state index in [4.69, 9.17) is 21.4 Å². The first-order chi connectivity index (χ1) is 8.82. The van der Waals surface area contributed by atoms with Gasteiger partial charge in [-0.15, -0.1) is 11.6 Å². The first kappa shape index (κ1) is 17.3. The van der Waals surface area contributed by atoms with E-state index < -0.39 is 23.7 Å². The molecule has 2 unspecified atom stereocenters. The number of hydrogen-bond acceptors (Lipinski definition) is 6. The fraction of sp³-hybridized carbons (Fsp3) is 1.00. The SMILES string of the molecule is CS(=O)(=O)CCNP1(=O)OCCC(OO)N1CCCl. The number of sulfone groups is 1. The second kappa shape index (κ2) is 7.33. The van der Waals surface area contributed by atoms with Gasteiger partial charge < -0.3 is 4.52 Å². The Morgan fingerprint density at radius 1 is 1.63 bits per heavy atom. The van der Waals surface area contributed by atoms with Crippen molar-refractivity contribution >= 4 is 29.1 Å². The normalized spacial score (nSPS) is 29.5. The Bertz CT molecular complexity index is 433. The Kier molecular flexibility index (Phi) is 6.68. The van der Waals surface area contributed by atoms with Crippen molar-refractivity contribution in [2.45, 2.75) is 12.6 Å². The van der Waals surface area contributed by atoms with Crippen LogP contribution in [0.15, 0.2) is 0 Å². The van der Waals surface area contributed by atoms with Crippen LogP contribution in [0.25, 0.3) is 0 Å². The fourth-order valence-corrected chi connectivity index (χ4v) is 4.60. The summed E-state index contributed by atoms with van der Waals surface area (Å²) in [5, 5.41) is 11.4. The van der Waals surface area contributed by atoms with E-state index in [0.29, 0.717) is 6.42 Å². The molecular formula is C8H18ClN2O6PS. The number of hydrogen-bond donors (Lipinski definition) is 2. The monoisotopic (exact) mass is 336 g/mol. The number of nitrogens with one attached hydrogen (secondary N) is 1. The minimum atomic E-state index is -3.45. The smallest absolute Gasteiger partial charge is 0.306 e. The highest BCUT2D eigenvalue weighted by Gasteiger charge is 2.41. The van der Waals surface area contributed by atoms with Gasteiger partial charge in [-0.25, -0.2) is 18.4 Å². The van der Waals surface area contributed by atoms with E-state index in [1.54, 1.807) is 0 Å². The van der Waals surface area contributed by atoms with Crippen LogP contribution < -0.4 is 5.09 Å². The first-order valence-corrected chi connectivity index (χ1v) is 9.80. The van der Waals surface area contributed by atoms with Crippen molar-refractivity contribution in [3.63, 3.8) is 0 Å². The summed E-state index contributed by atoms with van der Waals surface area (Å²) in [4.78, 5) is 4.26. The molecule has 0 amide bonds. The highest BCUT2D eigenvalue weighted by Crippen LogP contribution is 2.51. The largest absolute Gasteiger partial charge is 0.345 e. The van der Waals surface area contributed by atoms with Crippen molar-refractivity contribution in [1.29, 1.82) is 0 Å². The van der Waals surface area contributed by atoms with E-state index in [1.807, 2.05) is 0 Å². The Morgan fingerprint density at radius 2 is 2.32 bits per heavy atom. The lowest BCUT2D eigenvalue weighted by Crippen LogP contribution is -2.44. The Labute approximate surface area is 117 Å². The van der Waals surface area contributed by atoms with Gasteiger partial charge in [0.05, 0.1) is 12.4 Å². The molecule has 1 fully saturated rings. The molecule has 0 aromatic rings. The quantitative estimate of drug-likeness (QED) is 0.300. The van der Waals surface area contributed by atoms with Crippen molar-refractivity contribution < 1.29 is 27.7 Å². The van der Waals surface area contributed by atoms with Gasteiger partial charge in [-0.2, -0.15) is 4.67 Å². The molecule has 2 atom stereocenters. The van der Waals surface area contributed by atoms with E-state index >= 15 is 0 Å². The molecular weight excluding hydrogens is 319 g/mol. The third-order valence-electron chi connectivity index (χ3n) is 2.52. The minimum Gasteiger partial charge on any atom is -0.306 e. The Morgan fingerprint density at radius 3 is 2.84 bits per heavy atom. The summed E-state index contributed by atoms with van der Waals surface area (Å²) in [6, 6.07) is 0. The van der Waals surface area contributed by atoms with Gasteiger partial charge in [-0.3, -0.25) is 9.82 Å². The van der Waals surface area contributed by atoms with E-state index in [0.717, 1.165) is 6.26 Å². The summed E-state index contributed by atoms with van der Waals surface area (Å²) in [5.74, 6) is 0.000675. The second-order valence-corrected chi connectivity index (χ2v) is 8.86. The lowest BCUT2D eigenvalue weighted by atomic mass is 10.4. The minimum absolute atomic E-state index is 0.0208. The van der Waals surface area contributed by atoms with Crippen LogP contribution in [0.4, 0.5) is 0 Å². The van der Waals surface area contributed by atoms with Crippen molar-refractivity contribution in [2.24, 2.45) is 0 Å². The molecule has 2 N–H and O–H groups in total. The van der Waals surface area contributed by atoms with Crippen LogP contribution in [-0.4, -0.2) is 62.2 Å². The fourth-order valence-electron chi connectivity index (χ4n) is 1.65. The van der Waals surface area contributed by atoms with Crippen molar-refractivity contribution in [3.8, 4) is 0 Å². The average molecular weight is 337 g/mol. The zero-order valence-electron chi connectivity index (χ0n) is 10.5. The van der Waals surface area contributed by atoms with Crippen molar-refractivity contribution in [3.05, 3.63) is 0 Å². The second-order valence-electron chi connectivity index (χ2n) is 4.09. The van der Waals surface area contributed by atoms with Gasteiger partial charge in [0.2, 0.25) is 0 Å². The van der Waals surface area contributed by atoms with Crippen LogP contribution in [0.1, 0.15) is 6.42 Å². The summed E-state index contributed by atoms with van der Waals surface area (Å²) in [5.41, 5.74) is 0. The molecule has 114 valence electrons. The highest BCUT2D eigenvalue weighted by atomic mass is 35.5. The predicted molar refractivity (Wildman–Crippen MR) is 70.8 cm³/mol. The van der Waals surface area contributed by atoms with Crippen LogP contribution in [0.2, 0.25) is 0 Å². The summed E-state index contributed by atoms with van der Waals surface area (Å²) >= 11 is 5.61. The zero-order chi connectivity index (χ0) is 14.5. The van der Waals surface area contributed by atoms with E-state index in [9.17, 15) is 13.0 Å². The van der Waals surface area contributed by atoms with Crippen molar-refractivity contribution in [2.75, 3.05) is 37.6 Å². The zero-order valence-corrected chi connectivity index (χ0v) is 13.0. The molecule has 8 nitrogen and oxygen atoms in total. The van der Waals surface area contributed by atoms with E-state index in [1.165, 1.54) is 4.67 Å². The number of rotatable bonds is 7. The molecule has 0 saturated carbocycles. The molecule has 0 bridgehead atoms. The van der Waals surface area contributed by atoms with Gasteiger partial charge in [0, 0.05) is 31.6 Å². The maximum absolute atomic E-state index is 12.6. The van der Waals surface area contributed by atoms with E-state index in [2.05, 4.69) is 9.97 Å². The average Bonchev–Trinajstić information content (AvgIpc) is 2.30. The summed E-state index contributed by atoms with van der Waals surface area (Å²) < 4.78 is 41.1. The molecule has 19 heavy (non-hydrogen) atoms. The highest BCUT2D eigenvalue weighted by molar-refractivity contribution is 7.90. The first-order valence-electron chi connectivity index (χ1n) is 5.63. The van der Waals surface area contributed by atoms with Gasteiger partial charge in [0.25, 0.3) is 0 Å². The molecule has 0 radical (unpaired) electrons. The Hall–Kier alpha value is 0.270. The molecule has 1 aliphatic rings. The summed E-state index contributed by atoms with van der Waals surface area (Å²) in [7, 11) is -6.61. The van der Waals surface area contributed by atoms with Gasteiger partial charge in [-0.1, -0.05) is 0 Å². The van der Waals surface area contributed by atoms with Crippen molar-refractivity contribution in [1.82, 2.24) is 9.76 Å². The van der Waals surface area contributed by atoms with Crippen LogP contribution in [0.5, 0.6) is 0 Å². The summed E-state index contributed by atoms with van der Waals surface area (Å²) in [6.45, 7) is 0.288. The lowest BCUT2D eigenvalue weighted by Gasteiger charge is -2.38. The predicted octanol–water partition coefficient (Wildman–Crippen LogP) is 0.505. The standard InChI is InChI=1S/C8H18ClN2O6PS/c1-19(14,15)7-4-10-18(13)11(5-3-9)8(17-12)2-6-16-18/h8,12H,2-7H2,1H3,(H,10,13). The molecule has 1 heterocycles. The molecule has 1 saturated heterocycles. The van der Waals surface area contributed by atoms with Gasteiger partial charge in [-0.05, 0) is 0 Å². The van der Waals surface area contributed by atoms with Crippen LogP contribution >= 0.6 is 19.3 Å². The molecule has 1 aliphatic heterocycles. The maximum atomic E-state index is 12.6. The van der Waals surface area contributed by atoms with Crippen LogP contribution in [0.3, 0.4) is 0 Å². The molecule has 1 rings (SSSR count). The van der Waals surface area contributed by atoms with Gasteiger partial charge in [0.15, 0.2) is 6.23 Å². The molecule has 0 aliphatic carbocycles. The molecule has 11 heteroatoms. The number of alkyl halides is 1. The van der Waals surface area contributed by atoms with Gasteiger partial charge >= 0.3 is 7.67 Å². The third-order valence-corrected chi connectivity index (χ3v) is 5.93. The van der Waals surface area contributed by atoms with Crippen LogP contribution in [0, 0.1) is 0 Å². The molecule has 0 aromatic carbocycles. The number of nitrogens with zero attached hydrogens (tertiary/aromatic N) is 1. The summed E-state index contributed by atoms with van der Waals surface area (Å²) in [6.07, 6.45) is 0.636.